The summed E-state index contributed by atoms with van der Waals surface area (Å²) in [4.78, 5) is 17.0. The summed E-state index contributed by atoms with van der Waals surface area (Å²) in [6, 6.07) is 9.87. The molecule has 0 saturated carbocycles. The number of halogens is 1. The Balaban J connectivity index is 2.04. The van der Waals surface area contributed by atoms with Crippen LogP contribution in [0.2, 0.25) is 0 Å². The van der Waals surface area contributed by atoms with Crippen molar-refractivity contribution in [3.63, 3.8) is 0 Å². The third-order valence-electron chi connectivity index (χ3n) is 3.47. The number of pyridine rings is 1. The van der Waals surface area contributed by atoms with Crippen LogP contribution >= 0.6 is 0 Å². The van der Waals surface area contributed by atoms with Crippen LogP contribution in [0.15, 0.2) is 42.6 Å². The molecule has 21 heavy (non-hydrogen) atoms. The van der Waals surface area contributed by atoms with Crippen molar-refractivity contribution in [3.8, 4) is 0 Å². The summed E-state index contributed by atoms with van der Waals surface area (Å²) in [5.74, 6) is -1.28. The Kier molecular flexibility index (Phi) is 4.65. The molecule has 0 bridgehead atoms. The van der Waals surface area contributed by atoms with Gasteiger partial charge in [-0.2, -0.15) is 0 Å². The first-order valence-electron chi connectivity index (χ1n) is 6.61. The summed E-state index contributed by atoms with van der Waals surface area (Å²) in [5, 5.41) is 8.87. The van der Waals surface area contributed by atoms with Crippen molar-refractivity contribution in [2.24, 2.45) is 0 Å². The molecule has 0 aliphatic carbocycles. The molecular weight excluding hydrogens is 271 g/mol. The highest BCUT2D eigenvalue weighted by Gasteiger charge is 2.13. The van der Waals surface area contributed by atoms with Crippen LogP contribution in [0.1, 0.15) is 34.6 Å². The minimum absolute atomic E-state index is 0.0322. The molecule has 5 heteroatoms. The third kappa shape index (κ3) is 3.86. The zero-order chi connectivity index (χ0) is 15.4. The molecule has 0 radical (unpaired) electrons. The molecule has 0 saturated heterocycles. The molecule has 0 amide bonds. The van der Waals surface area contributed by atoms with Gasteiger partial charge >= 0.3 is 5.97 Å². The SMILES string of the molecule is CC(c1ccc(F)cn1)N(C)Cc1ccc(C(=O)O)cc1. The topological polar surface area (TPSA) is 53.4 Å². The standard InChI is InChI=1S/C16H17FN2O2/c1-11(15-8-7-14(17)9-18-15)19(2)10-12-3-5-13(6-4-12)16(20)21/h3-9,11H,10H2,1-2H3,(H,20,21). The number of hydrogen-bond donors (Lipinski definition) is 1. The van der Waals surface area contributed by atoms with Gasteiger partial charge in [0.25, 0.3) is 0 Å². The van der Waals surface area contributed by atoms with E-state index in [1.54, 1.807) is 30.3 Å². The zero-order valence-corrected chi connectivity index (χ0v) is 12.0. The fourth-order valence-electron chi connectivity index (χ4n) is 2.04. The smallest absolute Gasteiger partial charge is 0.335 e. The van der Waals surface area contributed by atoms with E-state index in [1.165, 1.54) is 12.3 Å². The molecule has 1 atom stereocenters. The van der Waals surface area contributed by atoms with E-state index in [0.717, 1.165) is 11.3 Å². The Morgan fingerprint density at radius 1 is 1.29 bits per heavy atom. The van der Waals surface area contributed by atoms with Crippen LogP contribution in [0.5, 0.6) is 0 Å². The maximum atomic E-state index is 12.9. The van der Waals surface area contributed by atoms with Gasteiger partial charge in [-0.1, -0.05) is 12.1 Å². The molecule has 2 rings (SSSR count). The molecule has 0 aliphatic rings. The molecule has 2 aromatic rings. The van der Waals surface area contributed by atoms with Gasteiger partial charge < -0.3 is 5.11 Å². The number of carboxylic acids is 1. The lowest BCUT2D eigenvalue weighted by Gasteiger charge is -2.24. The fraction of sp³-hybridized carbons (Fsp3) is 0.250. The highest BCUT2D eigenvalue weighted by Crippen LogP contribution is 2.19. The van der Waals surface area contributed by atoms with Crippen LogP contribution in [-0.2, 0) is 6.54 Å². The monoisotopic (exact) mass is 288 g/mol. The minimum atomic E-state index is -0.932. The van der Waals surface area contributed by atoms with E-state index >= 15 is 0 Å². The van der Waals surface area contributed by atoms with Gasteiger partial charge in [0.15, 0.2) is 0 Å². The normalized spacial score (nSPS) is 12.4. The molecule has 0 fully saturated rings. The average molecular weight is 288 g/mol. The van der Waals surface area contributed by atoms with Gasteiger partial charge in [0.2, 0.25) is 0 Å². The molecular formula is C16H17FN2O2. The molecule has 0 aliphatic heterocycles. The fourth-order valence-corrected chi connectivity index (χ4v) is 2.04. The minimum Gasteiger partial charge on any atom is -0.478 e. The summed E-state index contributed by atoms with van der Waals surface area (Å²) in [6.45, 7) is 2.64. The van der Waals surface area contributed by atoms with Gasteiger partial charge in [0, 0.05) is 12.6 Å². The second kappa shape index (κ2) is 6.45. The Bertz CT molecular complexity index is 611. The quantitative estimate of drug-likeness (QED) is 0.918. The van der Waals surface area contributed by atoms with Crippen molar-refractivity contribution >= 4 is 5.97 Å². The predicted molar refractivity (Wildman–Crippen MR) is 77.5 cm³/mol. The van der Waals surface area contributed by atoms with E-state index < -0.39 is 5.97 Å². The zero-order valence-electron chi connectivity index (χ0n) is 12.0. The molecule has 1 aromatic carbocycles. The second-order valence-corrected chi connectivity index (χ2v) is 4.99. The molecule has 1 N–H and O–H groups in total. The maximum absolute atomic E-state index is 12.9. The second-order valence-electron chi connectivity index (χ2n) is 4.99. The number of aromatic nitrogens is 1. The van der Waals surface area contributed by atoms with Gasteiger partial charge in [0.1, 0.15) is 5.82 Å². The average Bonchev–Trinajstić information content (AvgIpc) is 2.47. The molecule has 1 aromatic heterocycles. The first kappa shape index (κ1) is 15.1. The number of hydrogen-bond acceptors (Lipinski definition) is 3. The van der Waals surface area contributed by atoms with Crippen molar-refractivity contribution < 1.29 is 14.3 Å². The van der Waals surface area contributed by atoms with E-state index in [1.807, 2.05) is 14.0 Å². The van der Waals surface area contributed by atoms with E-state index in [-0.39, 0.29) is 17.4 Å². The largest absolute Gasteiger partial charge is 0.478 e. The van der Waals surface area contributed by atoms with E-state index in [0.29, 0.717) is 6.54 Å². The lowest BCUT2D eigenvalue weighted by atomic mass is 10.1. The number of rotatable bonds is 5. The van der Waals surface area contributed by atoms with Gasteiger partial charge in [0.05, 0.1) is 17.5 Å². The Labute approximate surface area is 122 Å². The predicted octanol–water partition coefficient (Wildman–Crippen LogP) is 3.11. The van der Waals surface area contributed by atoms with Crippen molar-refractivity contribution in [1.82, 2.24) is 9.88 Å². The number of aromatic carboxylic acids is 1. The van der Waals surface area contributed by atoms with E-state index in [2.05, 4.69) is 9.88 Å². The molecule has 110 valence electrons. The summed E-state index contributed by atoms with van der Waals surface area (Å²) in [7, 11) is 1.95. The van der Waals surface area contributed by atoms with Crippen LogP contribution in [-0.4, -0.2) is 28.0 Å². The van der Waals surface area contributed by atoms with Crippen molar-refractivity contribution in [2.45, 2.75) is 19.5 Å². The lowest BCUT2D eigenvalue weighted by Crippen LogP contribution is -2.22. The maximum Gasteiger partial charge on any atom is 0.335 e. The molecule has 1 unspecified atom stereocenters. The van der Waals surface area contributed by atoms with Crippen molar-refractivity contribution in [1.29, 1.82) is 0 Å². The summed E-state index contributed by atoms with van der Waals surface area (Å²) >= 11 is 0. The summed E-state index contributed by atoms with van der Waals surface area (Å²) < 4.78 is 12.9. The van der Waals surface area contributed by atoms with Crippen molar-refractivity contribution in [3.05, 3.63) is 65.2 Å². The third-order valence-corrected chi connectivity index (χ3v) is 3.47. The van der Waals surface area contributed by atoms with Crippen LogP contribution in [0.25, 0.3) is 0 Å². The van der Waals surface area contributed by atoms with Gasteiger partial charge in [-0.3, -0.25) is 9.88 Å². The van der Waals surface area contributed by atoms with Gasteiger partial charge in [-0.05, 0) is 43.8 Å². The summed E-state index contributed by atoms with van der Waals surface area (Å²) in [5.41, 5.74) is 2.08. The number of carbonyl (C=O) groups is 1. The Morgan fingerprint density at radius 2 is 1.95 bits per heavy atom. The van der Waals surface area contributed by atoms with Crippen molar-refractivity contribution in [2.75, 3.05) is 7.05 Å². The number of carboxylic acid groups (broad SMARTS) is 1. The first-order valence-corrected chi connectivity index (χ1v) is 6.61. The van der Waals surface area contributed by atoms with Gasteiger partial charge in [-0.15, -0.1) is 0 Å². The highest BCUT2D eigenvalue weighted by atomic mass is 19.1. The molecule has 0 spiro atoms. The Hall–Kier alpha value is -2.27. The number of nitrogens with zero attached hydrogens (tertiary/aromatic N) is 2. The van der Waals surface area contributed by atoms with E-state index in [9.17, 15) is 9.18 Å². The van der Waals surface area contributed by atoms with E-state index in [4.69, 9.17) is 5.11 Å². The Morgan fingerprint density at radius 3 is 2.48 bits per heavy atom. The number of benzene rings is 1. The van der Waals surface area contributed by atoms with Crippen LogP contribution in [0.4, 0.5) is 4.39 Å². The van der Waals surface area contributed by atoms with Gasteiger partial charge in [-0.25, -0.2) is 9.18 Å². The van der Waals surface area contributed by atoms with Crippen LogP contribution in [0, 0.1) is 5.82 Å². The lowest BCUT2D eigenvalue weighted by molar-refractivity contribution is 0.0697. The molecule has 4 nitrogen and oxygen atoms in total. The molecule has 1 heterocycles. The van der Waals surface area contributed by atoms with Crippen LogP contribution < -0.4 is 0 Å². The van der Waals surface area contributed by atoms with Crippen LogP contribution in [0.3, 0.4) is 0 Å². The summed E-state index contributed by atoms with van der Waals surface area (Å²) in [6.07, 6.45) is 1.21. The highest BCUT2D eigenvalue weighted by molar-refractivity contribution is 5.87. The first-order chi connectivity index (χ1) is 9.97.